The third-order valence-corrected chi connectivity index (χ3v) is 23.0. The van der Waals surface area contributed by atoms with Crippen LogP contribution in [0.1, 0.15) is 116 Å². The van der Waals surface area contributed by atoms with Crippen LogP contribution >= 0.6 is 0 Å². The maximum absolute atomic E-state index is 11.9. The molecule has 0 heterocycles. The molecule has 5 aliphatic carbocycles. The van der Waals surface area contributed by atoms with E-state index in [4.69, 9.17) is 52.1 Å². The van der Waals surface area contributed by atoms with E-state index >= 15 is 0 Å². The first-order chi connectivity index (χ1) is 65.5. The molecule has 21 nitrogen and oxygen atoms in total. The van der Waals surface area contributed by atoms with Crippen molar-refractivity contribution in [1.82, 2.24) is 0 Å². The lowest BCUT2D eigenvalue weighted by Crippen LogP contribution is -2.18. The van der Waals surface area contributed by atoms with E-state index in [1.807, 2.05) is 97.1 Å². The minimum absolute atomic E-state index is 0.145. The van der Waals surface area contributed by atoms with Crippen LogP contribution in [0.2, 0.25) is 0 Å². The lowest BCUT2D eigenvalue weighted by Gasteiger charge is -2.13. The quantitative estimate of drug-likeness (QED) is 0.0182. The molecule has 0 amide bonds. The first-order valence-corrected chi connectivity index (χ1v) is 44.7. The summed E-state index contributed by atoms with van der Waals surface area (Å²) in [4.78, 5) is 116. The Balaban J connectivity index is 0.000000164. The van der Waals surface area contributed by atoms with Gasteiger partial charge < -0.3 is 52.1 Å². The zero-order chi connectivity index (χ0) is 98.8. The Morgan fingerprint density at radius 1 is 0.285 bits per heavy atom. The molecule has 0 saturated heterocycles. The fraction of sp³-hybridized carbons (Fsp3) is 0.224. The maximum Gasteiger partial charge on any atom is 0.338 e. The van der Waals surface area contributed by atoms with Crippen molar-refractivity contribution in [1.29, 1.82) is 0 Å². The number of hydrogen-bond donors (Lipinski definition) is 0. The molecular weight excluding hydrogens is 1730 g/mol. The van der Waals surface area contributed by atoms with Gasteiger partial charge in [0.05, 0.1) is 26.9 Å². The summed E-state index contributed by atoms with van der Waals surface area (Å²) in [5.74, 6) is -0.529. The molecule has 0 fully saturated rings. The number of hydrogen-bond acceptors (Lipinski definition) is 21. The molecule has 0 spiro atoms. The smallest absolute Gasteiger partial charge is 0.338 e. The Morgan fingerprint density at radius 3 is 0.956 bits per heavy atom. The molecule has 5 atom stereocenters. The summed E-state index contributed by atoms with van der Waals surface area (Å²) in [5, 5.41) is 0. The van der Waals surface area contributed by atoms with Crippen LogP contribution < -0.4 is 28.4 Å². The van der Waals surface area contributed by atoms with Crippen LogP contribution in [0.3, 0.4) is 0 Å². The molecule has 21 heteroatoms. The highest BCUT2D eigenvalue weighted by atomic mass is 16.6. The molecule has 0 N–H and O–H groups in total. The van der Waals surface area contributed by atoms with Crippen molar-refractivity contribution in [3.63, 3.8) is 0 Å². The number of esters is 10. The molecule has 10 aromatic rings. The summed E-state index contributed by atoms with van der Waals surface area (Å²) >= 11 is 0. The number of ether oxygens (including phenoxy) is 11. The van der Waals surface area contributed by atoms with Gasteiger partial charge in [0.25, 0.3) is 0 Å². The fourth-order valence-electron chi connectivity index (χ4n) is 15.9. The Bertz CT molecular complexity index is 6460. The third-order valence-electron chi connectivity index (χ3n) is 23.0. The van der Waals surface area contributed by atoms with Crippen LogP contribution in [-0.2, 0) is 129 Å². The number of benzene rings is 10. The van der Waals surface area contributed by atoms with Gasteiger partial charge in [0.15, 0.2) is 11.5 Å². The van der Waals surface area contributed by atoms with Crippen molar-refractivity contribution in [3.8, 4) is 90.1 Å². The molecule has 0 bridgehead atoms. The van der Waals surface area contributed by atoms with Gasteiger partial charge in [-0.05, 0) is 259 Å². The van der Waals surface area contributed by atoms with E-state index in [1.165, 1.54) is 69.8 Å². The van der Waals surface area contributed by atoms with Gasteiger partial charge in [-0.15, -0.1) is 0 Å². The van der Waals surface area contributed by atoms with Gasteiger partial charge in [-0.2, -0.15) is 0 Å². The number of carbonyl (C=O) groups excluding carboxylic acids is 10. The van der Waals surface area contributed by atoms with Crippen molar-refractivity contribution < 1.29 is 100 Å². The summed E-state index contributed by atoms with van der Waals surface area (Å²) < 4.78 is 58.5. The summed E-state index contributed by atoms with van der Waals surface area (Å²) in [6.07, 6.45) is 11.5. The highest BCUT2D eigenvalue weighted by molar-refractivity contribution is 5.93. The zero-order valence-electron chi connectivity index (χ0n) is 78.6. The first-order valence-electron chi connectivity index (χ1n) is 44.7. The van der Waals surface area contributed by atoms with E-state index in [9.17, 15) is 47.9 Å². The Hall–Kier alpha value is -15.9. The Kier molecular flexibility index (Phi) is 35.3. The van der Waals surface area contributed by atoms with Crippen molar-refractivity contribution in [2.75, 3.05) is 26.9 Å². The van der Waals surface area contributed by atoms with Gasteiger partial charge in [-0.1, -0.05) is 211 Å². The SMILES string of the molecule is C=C(C)C(=O)OCC1Cc2ccc(-c3cccc(OC(=O)C(=C)C)c3)cc2C1.C=C(C)C(=O)Oc1cccc(-c2ccc3c(c2)CC(OC(=O)C(=C)C)C3)c1.C=CC(=O)OC1Cc2ccc(-c3cccc(OC(=O)C(=C)C)c3)cc2C1.C=CC(=O)OCC1CCc2cc(-c3ccc(OC)c(OC(=O)C(=C)C)c3)ccc21.C=CC(=O)OCC1Cc2ccc(-c3cccc(OC(=O)C(=C)C)c3)cc2C1. The van der Waals surface area contributed by atoms with Gasteiger partial charge in [0.1, 0.15) is 35.2 Å². The molecule has 10 aromatic carbocycles. The third kappa shape index (κ3) is 28.6. The molecular formula is C116H112O21. The number of fused-ring (bicyclic) bond motifs is 5. The molecule has 0 aliphatic heterocycles. The summed E-state index contributed by atoms with van der Waals surface area (Å²) in [6.45, 7) is 48.0. The topological polar surface area (TPSA) is 272 Å². The van der Waals surface area contributed by atoms with E-state index in [2.05, 4.69) is 139 Å². The average Bonchev–Trinajstić information content (AvgIpc) is 1.64. The fourth-order valence-corrected chi connectivity index (χ4v) is 15.9. The van der Waals surface area contributed by atoms with Crippen LogP contribution in [0.25, 0.3) is 55.6 Å². The second-order valence-electron chi connectivity index (χ2n) is 34.4. The lowest BCUT2D eigenvalue weighted by atomic mass is 9.97. The number of carbonyl (C=O) groups is 10. The van der Waals surface area contributed by atoms with Gasteiger partial charge in [0.2, 0.25) is 0 Å². The summed E-state index contributed by atoms with van der Waals surface area (Å²) in [5.41, 5.74) is 24.8. The molecule has 0 aromatic heterocycles. The van der Waals surface area contributed by atoms with Crippen molar-refractivity contribution in [2.45, 2.75) is 131 Å². The highest BCUT2D eigenvalue weighted by Crippen LogP contribution is 2.42. The van der Waals surface area contributed by atoms with Gasteiger partial charge in [-0.25, -0.2) is 47.9 Å². The largest absolute Gasteiger partial charge is 0.493 e. The van der Waals surface area contributed by atoms with Crippen LogP contribution in [-0.4, -0.2) is 98.8 Å². The van der Waals surface area contributed by atoms with Gasteiger partial charge >= 0.3 is 59.7 Å². The van der Waals surface area contributed by atoms with E-state index in [0.29, 0.717) is 125 Å². The van der Waals surface area contributed by atoms with E-state index in [-0.39, 0.29) is 42.0 Å². The minimum atomic E-state index is -0.494. The number of rotatable bonds is 29. The zero-order valence-corrected chi connectivity index (χ0v) is 78.6. The van der Waals surface area contributed by atoms with Crippen LogP contribution in [0.5, 0.6) is 34.5 Å². The number of methoxy groups -OCH3 is 1. The molecule has 15 rings (SSSR count). The van der Waals surface area contributed by atoms with Crippen molar-refractivity contribution >= 4 is 59.7 Å². The summed E-state index contributed by atoms with van der Waals surface area (Å²) in [7, 11) is 1.53. The van der Waals surface area contributed by atoms with E-state index in [1.54, 1.807) is 84.9 Å². The lowest BCUT2D eigenvalue weighted by molar-refractivity contribution is -0.144. The van der Waals surface area contributed by atoms with Gasteiger partial charge in [-0.3, -0.25) is 0 Å². The van der Waals surface area contributed by atoms with Crippen molar-refractivity contribution in [3.05, 3.63) is 385 Å². The minimum Gasteiger partial charge on any atom is -0.493 e. The predicted octanol–water partition coefficient (Wildman–Crippen LogP) is 22.0. The van der Waals surface area contributed by atoms with E-state index in [0.717, 1.165) is 105 Å². The number of aryl methyl sites for hydroxylation is 1. The van der Waals surface area contributed by atoms with Crippen LogP contribution in [0.4, 0.5) is 0 Å². The van der Waals surface area contributed by atoms with Crippen molar-refractivity contribution in [2.24, 2.45) is 11.8 Å². The summed E-state index contributed by atoms with van der Waals surface area (Å²) in [6, 6.07) is 66.5. The molecule has 137 heavy (non-hydrogen) atoms. The molecule has 702 valence electrons. The second-order valence-corrected chi connectivity index (χ2v) is 34.4. The average molecular weight is 1840 g/mol. The van der Waals surface area contributed by atoms with Crippen LogP contribution in [0, 0.1) is 11.8 Å². The highest BCUT2D eigenvalue weighted by Gasteiger charge is 2.31. The maximum atomic E-state index is 11.9. The van der Waals surface area contributed by atoms with Crippen LogP contribution in [0.15, 0.2) is 329 Å². The normalized spacial score (nSPS) is 14.9. The molecule has 0 radical (unpaired) electrons. The van der Waals surface area contributed by atoms with Gasteiger partial charge in [0, 0.05) is 101 Å². The first kappa shape index (κ1) is 102. The molecule has 0 saturated carbocycles. The predicted molar refractivity (Wildman–Crippen MR) is 529 cm³/mol. The standard InChI is InChI=1S/C24H24O5.C24H24O4.2C23H22O4.C22H20O4/c1-5-23(25)28-14-19-7-6-18-12-16(8-10-20(18)19)17-9-11-21(27-4)22(13-17)29-24(26)15(2)3;1-15(2)23(25)27-14-17-10-19-8-9-20(12-21(19)11-17)18-6-5-7-22(13-18)28-24(26)16(3)4;1-14(2)22(24)26-20-7-5-6-16(11-20)17-8-9-18-12-21(13-19(18)10-17)27-23(25)15(3)4;1-4-22(24)26-14-16-10-18-8-9-19(12-20(18)11-16)17-6-5-7-21(13-17)27-23(25)15(2)3;1-4-21(23)25-20-12-17-9-8-16(10-18(17)13-20)15-6-5-7-19(11-15)26-22(24)14(2)3/h5,8-13,19H,1-2,6-7,14H2,3-4H3;5-9,12-13,17H,1,3,10-11,14H2,2,4H3;5-11,21H,1,3,12-13H2,2,4H3;4-9,12-13,16H,1-2,10-11,14H2,3H3;4-11,20H,1-2,12-13H2,3H3. The molecule has 5 aliphatic rings. The monoisotopic (exact) mass is 1840 g/mol. The second kappa shape index (κ2) is 47.6. The Morgan fingerprint density at radius 2 is 0.584 bits per heavy atom. The van der Waals surface area contributed by atoms with E-state index < -0.39 is 41.8 Å². The molecule has 5 unspecified atom stereocenters. The Labute approximate surface area is 799 Å².